The van der Waals surface area contributed by atoms with Gasteiger partial charge in [0.25, 0.3) is 11.8 Å². The lowest BCUT2D eigenvalue weighted by atomic mass is 10.0. The molecule has 154 valence electrons. The highest BCUT2D eigenvalue weighted by Gasteiger charge is 2.42. The van der Waals surface area contributed by atoms with E-state index in [9.17, 15) is 29.1 Å². The zero-order valence-electron chi connectivity index (χ0n) is 16.0. The SMILES string of the molecule is O=CC[C@@H](CNC(=O)[C@H](Cc1ccccc1)N1C(=O)c2ccccc2C1=O)C(=O)O. The Morgan fingerprint density at radius 1 is 0.967 bits per heavy atom. The van der Waals surface area contributed by atoms with Crippen molar-refractivity contribution >= 4 is 30.0 Å². The summed E-state index contributed by atoms with van der Waals surface area (Å²) in [6, 6.07) is 14.1. The zero-order valence-corrected chi connectivity index (χ0v) is 16.0. The Bertz CT molecular complexity index is 953. The molecule has 0 bridgehead atoms. The van der Waals surface area contributed by atoms with Gasteiger partial charge in [-0.05, 0) is 17.7 Å². The van der Waals surface area contributed by atoms with E-state index >= 15 is 0 Å². The van der Waals surface area contributed by atoms with Crippen molar-refractivity contribution in [2.24, 2.45) is 5.92 Å². The van der Waals surface area contributed by atoms with E-state index in [1.807, 2.05) is 0 Å². The summed E-state index contributed by atoms with van der Waals surface area (Å²) in [5.41, 5.74) is 1.17. The van der Waals surface area contributed by atoms with Crippen LogP contribution in [0.3, 0.4) is 0 Å². The van der Waals surface area contributed by atoms with Crippen LogP contribution in [0, 0.1) is 5.92 Å². The summed E-state index contributed by atoms with van der Waals surface area (Å²) in [6.45, 7) is -0.290. The molecule has 2 aromatic carbocycles. The molecule has 30 heavy (non-hydrogen) atoms. The summed E-state index contributed by atoms with van der Waals surface area (Å²) in [5.74, 6) is -4.12. The molecule has 0 spiro atoms. The third kappa shape index (κ3) is 4.27. The molecule has 2 aromatic rings. The second-order valence-corrected chi connectivity index (χ2v) is 6.91. The first-order chi connectivity index (χ1) is 14.4. The van der Waals surface area contributed by atoms with Crippen molar-refractivity contribution < 1.29 is 29.1 Å². The maximum atomic E-state index is 13.0. The lowest BCUT2D eigenvalue weighted by Crippen LogP contribution is -2.51. The number of amides is 3. The minimum Gasteiger partial charge on any atom is -0.481 e. The Labute approximate surface area is 172 Å². The second kappa shape index (κ2) is 9.13. The van der Waals surface area contributed by atoms with Gasteiger partial charge in [0, 0.05) is 19.4 Å². The molecule has 0 saturated heterocycles. The number of rotatable bonds is 9. The zero-order chi connectivity index (χ0) is 21.7. The molecule has 0 aliphatic carbocycles. The van der Waals surface area contributed by atoms with Gasteiger partial charge in [-0.15, -0.1) is 0 Å². The first-order valence-electron chi connectivity index (χ1n) is 9.39. The third-order valence-corrected chi connectivity index (χ3v) is 4.96. The normalized spacial score (nSPS) is 14.7. The monoisotopic (exact) mass is 408 g/mol. The largest absolute Gasteiger partial charge is 0.481 e. The maximum absolute atomic E-state index is 13.0. The van der Waals surface area contributed by atoms with Crippen LogP contribution >= 0.6 is 0 Å². The summed E-state index contributed by atoms with van der Waals surface area (Å²) in [6.07, 6.45) is 0.284. The molecule has 1 heterocycles. The summed E-state index contributed by atoms with van der Waals surface area (Å²) in [5, 5.41) is 11.7. The number of carbonyl (C=O) groups is 5. The van der Waals surface area contributed by atoms with Gasteiger partial charge in [0.1, 0.15) is 12.3 Å². The number of carbonyl (C=O) groups excluding carboxylic acids is 4. The van der Waals surface area contributed by atoms with Crippen LogP contribution in [0.2, 0.25) is 0 Å². The lowest BCUT2D eigenvalue weighted by Gasteiger charge is -2.26. The van der Waals surface area contributed by atoms with E-state index in [1.165, 1.54) is 12.1 Å². The van der Waals surface area contributed by atoms with Crippen molar-refractivity contribution in [1.82, 2.24) is 10.2 Å². The van der Waals surface area contributed by atoms with E-state index in [1.54, 1.807) is 42.5 Å². The molecule has 0 saturated carbocycles. The van der Waals surface area contributed by atoms with Gasteiger partial charge in [-0.2, -0.15) is 0 Å². The van der Waals surface area contributed by atoms with Crippen LogP contribution in [-0.2, 0) is 20.8 Å². The minimum atomic E-state index is -1.22. The van der Waals surface area contributed by atoms with Gasteiger partial charge < -0.3 is 15.2 Å². The van der Waals surface area contributed by atoms with Crippen LogP contribution in [0.25, 0.3) is 0 Å². The fraction of sp³-hybridized carbons (Fsp3) is 0.227. The summed E-state index contributed by atoms with van der Waals surface area (Å²) in [7, 11) is 0. The number of aldehydes is 1. The number of aliphatic carboxylic acids is 1. The molecular weight excluding hydrogens is 388 g/mol. The van der Waals surface area contributed by atoms with Crippen molar-refractivity contribution in [3.63, 3.8) is 0 Å². The molecule has 0 radical (unpaired) electrons. The Morgan fingerprint density at radius 3 is 2.07 bits per heavy atom. The van der Waals surface area contributed by atoms with Crippen LogP contribution in [0.4, 0.5) is 0 Å². The molecule has 2 atom stereocenters. The van der Waals surface area contributed by atoms with Crippen molar-refractivity contribution in [2.45, 2.75) is 18.9 Å². The highest BCUT2D eigenvalue weighted by molar-refractivity contribution is 6.22. The van der Waals surface area contributed by atoms with E-state index in [0.29, 0.717) is 6.29 Å². The number of carboxylic acids is 1. The van der Waals surface area contributed by atoms with Gasteiger partial charge in [0.2, 0.25) is 5.91 Å². The smallest absolute Gasteiger partial charge is 0.308 e. The Hall–Kier alpha value is -3.81. The minimum absolute atomic E-state index is 0.0730. The predicted octanol–water partition coefficient (Wildman–Crippen LogP) is 1.30. The molecule has 0 aromatic heterocycles. The highest BCUT2D eigenvalue weighted by Crippen LogP contribution is 2.26. The molecule has 3 rings (SSSR count). The fourth-order valence-corrected chi connectivity index (χ4v) is 3.36. The molecule has 0 fully saturated rings. The molecule has 1 aliphatic rings. The van der Waals surface area contributed by atoms with Gasteiger partial charge in [-0.25, -0.2) is 0 Å². The quantitative estimate of drug-likeness (QED) is 0.477. The van der Waals surface area contributed by atoms with E-state index in [-0.39, 0.29) is 30.5 Å². The third-order valence-electron chi connectivity index (χ3n) is 4.96. The second-order valence-electron chi connectivity index (χ2n) is 6.91. The maximum Gasteiger partial charge on any atom is 0.308 e. The summed E-state index contributed by atoms with van der Waals surface area (Å²) >= 11 is 0. The number of carboxylic acid groups (broad SMARTS) is 1. The number of imide groups is 1. The number of benzene rings is 2. The van der Waals surface area contributed by atoms with Crippen LogP contribution in [0.1, 0.15) is 32.7 Å². The lowest BCUT2D eigenvalue weighted by molar-refractivity contribution is -0.142. The van der Waals surface area contributed by atoms with Crippen molar-refractivity contribution in [1.29, 1.82) is 0 Å². The molecule has 1 aliphatic heterocycles. The van der Waals surface area contributed by atoms with Crippen LogP contribution in [-0.4, -0.2) is 52.6 Å². The Kier molecular flexibility index (Phi) is 6.36. The number of nitrogens with zero attached hydrogens (tertiary/aromatic N) is 1. The fourth-order valence-electron chi connectivity index (χ4n) is 3.36. The molecule has 3 amide bonds. The van der Waals surface area contributed by atoms with E-state index in [4.69, 9.17) is 0 Å². The Morgan fingerprint density at radius 2 is 1.53 bits per heavy atom. The number of nitrogens with one attached hydrogen (secondary N) is 1. The highest BCUT2D eigenvalue weighted by atomic mass is 16.4. The standard InChI is InChI=1S/C22H20N2O6/c25-11-10-15(22(29)30)13-23-19(26)18(12-14-6-2-1-3-7-14)24-20(27)16-8-4-5-9-17(16)21(24)28/h1-9,11,15,18H,10,12-13H2,(H,23,26)(H,29,30)/t15-,18-/m0/s1. The van der Waals surface area contributed by atoms with Gasteiger partial charge in [0.15, 0.2) is 0 Å². The van der Waals surface area contributed by atoms with Crippen LogP contribution < -0.4 is 5.32 Å². The predicted molar refractivity (Wildman–Crippen MR) is 106 cm³/mol. The number of fused-ring (bicyclic) bond motifs is 1. The summed E-state index contributed by atoms with van der Waals surface area (Å²) < 4.78 is 0. The van der Waals surface area contributed by atoms with Gasteiger partial charge in [0.05, 0.1) is 17.0 Å². The van der Waals surface area contributed by atoms with Gasteiger partial charge in [-0.1, -0.05) is 42.5 Å². The van der Waals surface area contributed by atoms with Crippen molar-refractivity contribution in [3.05, 3.63) is 71.3 Å². The molecule has 2 N–H and O–H groups in total. The first kappa shape index (κ1) is 20.9. The van der Waals surface area contributed by atoms with Crippen LogP contribution in [0.15, 0.2) is 54.6 Å². The number of hydrogen-bond acceptors (Lipinski definition) is 5. The van der Waals surface area contributed by atoms with Crippen molar-refractivity contribution in [2.75, 3.05) is 6.54 Å². The molecular formula is C22H20N2O6. The van der Waals surface area contributed by atoms with E-state index < -0.39 is 35.7 Å². The van der Waals surface area contributed by atoms with Gasteiger partial charge >= 0.3 is 5.97 Å². The molecule has 8 nitrogen and oxygen atoms in total. The number of hydrogen-bond donors (Lipinski definition) is 2. The topological polar surface area (TPSA) is 121 Å². The first-order valence-corrected chi connectivity index (χ1v) is 9.39. The molecule has 0 unspecified atom stereocenters. The van der Waals surface area contributed by atoms with Crippen molar-refractivity contribution in [3.8, 4) is 0 Å². The van der Waals surface area contributed by atoms with E-state index in [2.05, 4.69) is 5.32 Å². The average molecular weight is 408 g/mol. The average Bonchev–Trinajstić information content (AvgIpc) is 3.00. The van der Waals surface area contributed by atoms with Crippen LogP contribution in [0.5, 0.6) is 0 Å². The molecule has 8 heteroatoms. The van der Waals surface area contributed by atoms with E-state index in [0.717, 1.165) is 10.5 Å². The summed E-state index contributed by atoms with van der Waals surface area (Å²) in [4.78, 5) is 61.6. The Balaban J connectivity index is 1.87. The van der Waals surface area contributed by atoms with Gasteiger partial charge in [-0.3, -0.25) is 24.1 Å².